The molecule has 1 fully saturated rings. The van der Waals surface area contributed by atoms with Crippen molar-refractivity contribution in [2.75, 3.05) is 7.11 Å². The molecule has 1 aliphatic carbocycles. The molecule has 4 nitrogen and oxygen atoms in total. The highest BCUT2D eigenvalue weighted by Crippen LogP contribution is 2.36. The molecule has 0 bridgehead atoms. The van der Waals surface area contributed by atoms with Gasteiger partial charge in [0.05, 0.1) is 0 Å². The number of rotatable bonds is 5. The number of aliphatic hydroxyl groups excluding tert-OH is 1. The van der Waals surface area contributed by atoms with Crippen molar-refractivity contribution in [3.63, 3.8) is 0 Å². The van der Waals surface area contributed by atoms with Crippen LogP contribution in [0.3, 0.4) is 0 Å². The van der Waals surface area contributed by atoms with Gasteiger partial charge in [0.2, 0.25) is 0 Å². The van der Waals surface area contributed by atoms with E-state index in [1.54, 1.807) is 24.3 Å². The van der Waals surface area contributed by atoms with Crippen LogP contribution in [0.5, 0.6) is 0 Å². The van der Waals surface area contributed by atoms with Crippen LogP contribution in [0.2, 0.25) is 0 Å². The Kier molecular flexibility index (Phi) is 6.14. The van der Waals surface area contributed by atoms with Crippen molar-refractivity contribution in [1.29, 1.82) is 0 Å². The lowest BCUT2D eigenvalue weighted by Gasteiger charge is -2.36. The third kappa shape index (κ3) is 3.20. The van der Waals surface area contributed by atoms with Crippen molar-refractivity contribution in [3.8, 4) is 0 Å². The molecular weight excluding hydrogens is 278 g/mol. The van der Waals surface area contributed by atoms with Crippen molar-refractivity contribution < 1.29 is 14.6 Å². The number of hydrogen-bond acceptors (Lipinski definition) is 4. The highest BCUT2D eigenvalue weighted by molar-refractivity contribution is 5.85. The van der Waals surface area contributed by atoms with Crippen LogP contribution in [-0.4, -0.2) is 24.6 Å². The Labute approximate surface area is 125 Å². The molecule has 2 rings (SSSR count). The van der Waals surface area contributed by atoms with Gasteiger partial charge in [-0.15, -0.1) is 12.4 Å². The first-order valence-electron chi connectivity index (χ1n) is 6.69. The van der Waals surface area contributed by atoms with Gasteiger partial charge < -0.3 is 9.84 Å². The Morgan fingerprint density at radius 3 is 2.65 bits per heavy atom. The lowest BCUT2D eigenvalue weighted by molar-refractivity contribution is -0.126. The molecular formula is C15H22ClNO3. The quantitative estimate of drug-likeness (QED) is 0.646. The predicted octanol–water partition coefficient (Wildman–Crippen LogP) is 2.23. The van der Waals surface area contributed by atoms with Crippen LogP contribution in [0.25, 0.3) is 0 Å². The van der Waals surface area contributed by atoms with E-state index >= 15 is 0 Å². The molecule has 112 valence electrons. The van der Waals surface area contributed by atoms with Crippen molar-refractivity contribution in [2.45, 2.75) is 37.5 Å². The molecule has 0 aromatic heterocycles. The minimum Gasteiger partial charge on any atom is -0.388 e. The second kappa shape index (κ2) is 7.18. The van der Waals surface area contributed by atoms with E-state index in [-0.39, 0.29) is 18.3 Å². The lowest BCUT2D eigenvalue weighted by atomic mass is 9.87. The smallest absolute Gasteiger partial charge is 0.168 e. The van der Waals surface area contributed by atoms with E-state index < -0.39 is 11.8 Å². The number of aldehydes is 1. The van der Waals surface area contributed by atoms with E-state index in [1.165, 1.54) is 7.11 Å². The van der Waals surface area contributed by atoms with Crippen molar-refractivity contribution in [1.82, 2.24) is 0 Å². The number of benzene rings is 1. The Bertz CT molecular complexity index is 448. The van der Waals surface area contributed by atoms with Gasteiger partial charge in [0, 0.05) is 18.2 Å². The highest BCUT2D eigenvalue weighted by Gasteiger charge is 2.41. The topological polar surface area (TPSA) is 72.5 Å². The Hall–Kier alpha value is -0.940. The van der Waals surface area contributed by atoms with Gasteiger partial charge in [-0.05, 0) is 24.8 Å². The minimum absolute atomic E-state index is 0. The van der Waals surface area contributed by atoms with Crippen LogP contribution in [-0.2, 0) is 10.5 Å². The third-order valence-electron chi connectivity index (χ3n) is 4.10. The summed E-state index contributed by atoms with van der Waals surface area (Å²) in [6, 6.07) is 6.92. The summed E-state index contributed by atoms with van der Waals surface area (Å²) in [4.78, 5) is 10.9. The maximum absolute atomic E-state index is 10.9. The third-order valence-corrected chi connectivity index (χ3v) is 4.10. The molecule has 0 spiro atoms. The number of carbonyl (C=O) groups is 1. The molecule has 1 aromatic carbocycles. The minimum atomic E-state index is -1.26. The number of nitrogens with two attached hydrogens (primary N) is 1. The van der Waals surface area contributed by atoms with Gasteiger partial charge >= 0.3 is 0 Å². The molecule has 0 heterocycles. The van der Waals surface area contributed by atoms with Gasteiger partial charge in [0.25, 0.3) is 0 Å². The van der Waals surface area contributed by atoms with E-state index in [9.17, 15) is 9.90 Å². The van der Waals surface area contributed by atoms with Crippen LogP contribution >= 0.6 is 12.4 Å². The molecule has 0 aliphatic heterocycles. The van der Waals surface area contributed by atoms with Crippen molar-refractivity contribution in [3.05, 3.63) is 35.4 Å². The van der Waals surface area contributed by atoms with Crippen LogP contribution in [0.4, 0.5) is 0 Å². The van der Waals surface area contributed by atoms with Gasteiger partial charge in [-0.1, -0.05) is 31.0 Å². The monoisotopic (exact) mass is 299 g/mol. The maximum Gasteiger partial charge on any atom is 0.168 e. The van der Waals surface area contributed by atoms with Crippen LogP contribution < -0.4 is 5.73 Å². The normalized spacial score (nSPS) is 19.9. The van der Waals surface area contributed by atoms with Crippen LogP contribution in [0.1, 0.15) is 41.6 Å². The maximum atomic E-state index is 10.9. The number of halogens is 1. The standard InChI is InChI=1S/C15H21NO3.ClH/c1-19-15(16,14(18)12-6-2-3-7-12)13-8-4-5-11(9-13)10-17;/h4-5,8-10,12,14,18H,2-3,6-7,16H2,1H3;1H/t14-,15-;/m0./s1. The Morgan fingerprint density at radius 1 is 1.45 bits per heavy atom. The fourth-order valence-electron chi connectivity index (χ4n) is 2.89. The number of carbonyl (C=O) groups excluding carboxylic acids is 1. The average Bonchev–Trinajstić information content (AvgIpc) is 2.99. The fraction of sp³-hybridized carbons (Fsp3) is 0.533. The van der Waals surface area contributed by atoms with Crippen molar-refractivity contribution >= 4 is 18.7 Å². The van der Waals surface area contributed by atoms with Gasteiger partial charge in [-0.2, -0.15) is 0 Å². The van der Waals surface area contributed by atoms with E-state index in [1.807, 2.05) is 0 Å². The summed E-state index contributed by atoms with van der Waals surface area (Å²) in [5.74, 6) is 0.157. The van der Waals surface area contributed by atoms with Gasteiger partial charge in [0.15, 0.2) is 5.72 Å². The summed E-state index contributed by atoms with van der Waals surface area (Å²) in [7, 11) is 1.49. The Balaban J connectivity index is 0.00000200. The Morgan fingerprint density at radius 2 is 2.10 bits per heavy atom. The first kappa shape index (κ1) is 17.1. The SMILES string of the molecule is CO[C@@](N)(c1cccc(C=O)c1)[C@@H](O)C1CCCC1.Cl. The largest absolute Gasteiger partial charge is 0.388 e. The summed E-state index contributed by atoms with van der Waals surface area (Å²) in [5, 5.41) is 10.5. The molecule has 20 heavy (non-hydrogen) atoms. The number of methoxy groups -OCH3 is 1. The highest BCUT2D eigenvalue weighted by atomic mass is 35.5. The lowest BCUT2D eigenvalue weighted by Crippen LogP contribution is -2.52. The number of aliphatic hydroxyl groups is 1. The molecule has 3 N–H and O–H groups in total. The second-order valence-electron chi connectivity index (χ2n) is 5.23. The molecule has 1 saturated carbocycles. The summed E-state index contributed by atoms with van der Waals surface area (Å²) < 4.78 is 5.41. The van der Waals surface area contributed by atoms with E-state index in [2.05, 4.69) is 0 Å². The summed E-state index contributed by atoms with van der Waals surface area (Å²) in [6.45, 7) is 0. The van der Waals surface area contributed by atoms with Crippen molar-refractivity contribution in [2.24, 2.45) is 11.7 Å². The summed E-state index contributed by atoms with van der Waals surface area (Å²) >= 11 is 0. The number of hydrogen-bond donors (Lipinski definition) is 2. The van der Waals surface area contributed by atoms with Gasteiger partial charge in [-0.3, -0.25) is 10.5 Å². The van der Waals surface area contributed by atoms with E-state index in [0.29, 0.717) is 11.1 Å². The molecule has 0 saturated heterocycles. The molecule has 0 unspecified atom stereocenters. The zero-order valence-electron chi connectivity index (χ0n) is 11.6. The predicted molar refractivity (Wildman–Crippen MR) is 79.9 cm³/mol. The first-order valence-corrected chi connectivity index (χ1v) is 6.69. The molecule has 0 amide bonds. The average molecular weight is 300 g/mol. The van der Waals surface area contributed by atoms with Crippen LogP contribution in [0.15, 0.2) is 24.3 Å². The summed E-state index contributed by atoms with van der Waals surface area (Å²) in [5.41, 5.74) is 6.19. The molecule has 0 radical (unpaired) electrons. The van der Waals surface area contributed by atoms with Gasteiger partial charge in [-0.25, -0.2) is 0 Å². The zero-order valence-corrected chi connectivity index (χ0v) is 12.4. The van der Waals surface area contributed by atoms with Gasteiger partial charge in [0.1, 0.15) is 12.4 Å². The second-order valence-corrected chi connectivity index (χ2v) is 5.23. The zero-order chi connectivity index (χ0) is 13.9. The fourth-order valence-corrected chi connectivity index (χ4v) is 2.89. The molecule has 1 aromatic rings. The molecule has 1 aliphatic rings. The summed E-state index contributed by atoms with van der Waals surface area (Å²) in [6.07, 6.45) is 4.18. The van der Waals surface area contributed by atoms with E-state index in [4.69, 9.17) is 10.5 Å². The number of ether oxygens (including phenoxy) is 1. The van der Waals surface area contributed by atoms with Crippen LogP contribution in [0, 0.1) is 5.92 Å². The van der Waals surface area contributed by atoms with E-state index in [0.717, 1.165) is 32.0 Å². The molecule has 5 heteroatoms. The molecule has 2 atom stereocenters. The first-order chi connectivity index (χ1) is 9.11.